The van der Waals surface area contributed by atoms with Gasteiger partial charge < -0.3 is 32.9 Å². The molecule has 2 aliphatic heterocycles. The summed E-state index contributed by atoms with van der Waals surface area (Å²) in [5, 5.41) is 14.6. The number of rotatable bonds is 21. The van der Waals surface area contributed by atoms with Gasteiger partial charge in [0.05, 0.1) is 24.4 Å². The van der Waals surface area contributed by atoms with Gasteiger partial charge in [0, 0.05) is 30.7 Å². The summed E-state index contributed by atoms with van der Waals surface area (Å²) in [5.74, 6) is -0.250. The lowest BCUT2D eigenvalue weighted by atomic mass is 9.94. The minimum atomic E-state index is -2.60. The van der Waals surface area contributed by atoms with Crippen molar-refractivity contribution >= 4 is 37.4 Å². The predicted octanol–water partition coefficient (Wildman–Crippen LogP) is 13.2. The van der Waals surface area contributed by atoms with Crippen LogP contribution in [0.15, 0.2) is 146 Å². The van der Waals surface area contributed by atoms with E-state index in [0.717, 1.165) is 12.8 Å². The number of hydrogen-bond acceptors (Lipinski definition) is 7. The van der Waals surface area contributed by atoms with Crippen molar-refractivity contribution in [2.75, 3.05) is 6.61 Å². The van der Waals surface area contributed by atoms with Crippen LogP contribution in [-0.4, -0.2) is 76.5 Å². The van der Waals surface area contributed by atoms with Gasteiger partial charge in [-0.05, 0) is 97.0 Å². The minimum absolute atomic E-state index is 0.0187. The number of aliphatic hydroxyl groups is 1. The third-order valence-corrected chi connectivity index (χ3v) is 25.5. The van der Waals surface area contributed by atoms with Gasteiger partial charge in [0.2, 0.25) is 0 Å². The fourth-order valence-corrected chi connectivity index (χ4v) is 20.6. The van der Waals surface area contributed by atoms with Gasteiger partial charge in [-0.25, -0.2) is 0 Å². The second-order valence-corrected chi connectivity index (χ2v) is 32.6. The number of unbranched alkanes of at least 4 members (excludes halogenated alkanes) is 1. The first-order valence-electron chi connectivity index (χ1n) is 27.6. The molecule has 0 saturated carbocycles. The van der Waals surface area contributed by atoms with Crippen LogP contribution in [-0.2, 0) is 27.8 Å². The van der Waals surface area contributed by atoms with Crippen molar-refractivity contribution in [2.45, 2.75) is 202 Å². The molecule has 9 heteroatoms. The minimum Gasteiger partial charge on any atom is -0.404 e. The molecule has 0 amide bonds. The van der Waals surface area contributed by atoms with Crippen molar-refractivity contribution in [3.8, 4) is 0 Å². The first kappa shape index (κ1) is 60.4. The molecular weight excluding hydrogens is 937 g/mol. The fraction of sp³-hybridized carbons (Fsp3) is 0.562. The lowest BCUT2D eigenvalue weighted by Crippen LogP contribution is -2.67. The van der Waals surface area contributed by atoms with Crippen LogP contribution in [0.4, 0.5) is 0 Å². The molecule has 73 heavy (non-hydrogen) atoms. The van der Waals surface area contributed by atoms with E-state index in [1.54, 1.807) is 0 Å². The second kappa shape index (κ2) is 26.0. The largest absolute Gasteiger partial charge is 0.404 e. The number of aliphatic hydroxyl groups excluding tert-OH is 1. The lowest BCUT2D eigenvalue weighted by Gasteiger charge is -2.45. The molecule has 2 aliphatic rings. The van der Waals surface area contributed by atoms with Gasteiger partial charge in [0.1, 0.15) is 0 Å². The lowest BCUT2D eigenvalue weighted by molar-refractivity contribution is -0.149. The molecule has 2 unspecified atom stereocenters. The second-order valence-electron chi connectivity index (χ2n) is 24.1. The van der Waals surface area contributed by atoms with E-state index < -0.39 is 28.2 Å². The number of hydrogen-bond donors (Lipinski definition) is 1. The van der Waals surface area contributed by atoms with Crippen LogP contribution in [0.1, 0.15) is 143 Å². The summed E-state index contributed by atoms with van der Waals surface area (Å²) in [6.07, 6.45) is 13.2. The molecular formula is C64H96O7Si2. The van der Waals surface area contributed by atoms with Gasteiger partial charge >= 0.3 is 0 Å². The Balaban J connectivity index is 0.000000271. The molecule has 6 rings (SSSR count). The number of ether oxygens (including phenoxy) is 4. The molecule has 4 aromatic rings. The van der Waals surface area contributed by atoms with Gasteiger partial charge in [-0.15, -0.1) is 0 Å². The maximum Gasteiger partial charge on any atom is 0.261 e. The normalized spacial score (nSPS) is 22.9. The smallest absolute Gasteiger partial charge is 0.261 e. The first-order chi connectivity index (χ1) is 34.3. The molecule has 0 spiro atoms. The van der Waals surface area contributed by atoms with Crippen molar-refractivity contribution < 1.29 is 32.9 Å². The van der Waals surface area contributed by atoms with Gasteiger partial charge in [-0.3, -0.25) is 0 Å². The molecule has 2 saturated heterocycles. The molecule has 0 aromatic heterocycles. The zero-order valence-electron chi connectivity index (χ0n) is 48.1. The van der Waals surface area contributed by atoms with Crippen molar-refractivity contribution in [1.29, 1.82) is 0 Å². The Morgan fingerprint density at radius 2 is 0.795 bits per heavy atom. The standard InChI is InChI=1S/C33H50O3Si.C31H46O4Si/c1-10-11-22-30-31(35-33(8,9)34-30)26(3)24-23-25(2)27(4)36-37(32(5,6)7,28-18-14-12-15-19-28)29-20-16-13-17-21-29;1-23(19-20-24(2)29-28(21-22-32)33-31(7,8)34-29)25(3)35-36(30(4,5)6,26-15-11-9-12-16-26)27-17-13-10-14-18-27/h12-21,23-27,30-31H,10-11,22H2,1-9H3;9-20,23-25,28-29,32H,21-22H2,1-8H3/b24-23-;20-19-/t25-,26-,27+,30+,31?;23-,24-,25+,28+,29?/m11/s1. The summed E-state index contributed by atoms with van der Waals surface area (Å²) < 4.78 is 39.5. The SMILES string of the molecule is CCCC[C@@H]1OC(C)(C)OC1[C@H](C)/C=C\[C@@H](C)[C@H](C)O[Si](c1ccccc1)(c1ccccc1)C(C)(C)C.C[C@H](/C=C\[C@@H](C)[C@H](C)O[Si](c1ccccc1)(c1ccccc1)C(C)(C)C)C1OC(C)(C)O[C@H]1CCO. The Hall–Kier alpha value is -3.49. The van der Waals surface area contributed by atoms with Crippen LogP contribution in [0.2, 0.25) is 10.1 Å². The van der Waals surface area contributed by atoms with Crippen LogP contribution in [0, 0.1) is 23.7 Å². The van der Waals surface area contributed by atoms with Gasteiger partial charge in [-0.2, -0.15) is 0 Å². The van der Waals surface area contributed by atoms with Crippen LogP contribution in [0.25, 0.3) is 0 Å². The molecule has 0 aliphatic carbocycles. The van der Waals surface area contributed by atoms with Crippen molar-refractivity contribution in [3.05, 3.63) is 146 Å². The summed E-state index contributed by atoms with van der Waals surface area (Å²) in [7, 11) is -5.18. The highest BCUT2D eigenvalue weighted by Gasteiger charge is 2.53. The van der Waals surface area contributed by atoms with Crippen molar-refractivity contribution in [1.82, 2.24) is 0 Å². The maximum atomic E-state index is 9.48. The number of benzene rings is 4. The molecule has 402 valence electrons. The third-order valence-electron chi connectivity index (χ3n) is 15.2. The van der Waals surface area contributed by atoms with Crippen LogP contribution < -0.4 is 20.7 Å². The van der Waals surface area contributed by atoms with E-state index in [1.165, 1.54) is 27.2 Å². The average Bonchev–Trinajstić information content (AvgIpc) is 3.85. The Bertz CT molecular complexity index is 2190. The van der Waals surface area contributed by atoms with Crippen LogP contribution in [0.3, 0.4) is 0 Å². The summed E-state index contributed by atoms with van der Waals surface area (Å²) >= 11 is 0. The average molecular weight is 1030 g/mol. The van der Waals surface area contributed by atoms with E-state index in [2.05, 4.69) is 236 Å². The molecule has 2 fully saturated rings. The van der Waals surface area contributed by atoms with E-state index in [4.69, 9.17) is 27.8 Å². The quantitative estimate of drug-likeness (QED) is 0.0658. The van der Waals surface area contributed by atoms with Crippen LogP contribution >= 0.6 is 0 Å². The topological polar surface area (TPSA) is 75.6 Å². The maximum absolute atomic E-state index is 9.48. The monoisotopic (exact) mass is 1030 g/mol. The molecule has 1 N–H and O–H groups in total. The van der Waals surface area contributed by atoms with E-state index in [0.29, 0.717) is 6.42 Å². The Morgan fingerprint density at radius 1 is 0.493 bits per heavy atom. The van der Waals surface area contributed by atoms with E-state index in [1.807, 2.05) is 27.7 Å². The predicted molar refractivity (Wildman–Crippen MR) is 310 cm³/mol. The first-order valence-corrected chi connectivity index (χ1v) is 31.4. The van der Waals surface area contributed by atoms with Gasteiger partial charge in [0.15, 0.2) is 11.6 Å². The molecule has 2 heterocycles. The summed E-state index contributed by atoms with van der Waals surface area (Å²) in [6, 6.07) is 43.4. The highest BCUT2D eigenvalue weighted by Crippen LogP contribution is 2.41. The van der Waals surface area contributed by atoms with Gasteiger partial charge in [0.25, 0.3) is 16.6 Å². The molecule has 0 bridgehead atoms. The summed E-state index contributed by atoms with van der Waals surface area (Å²) in [5.41, 5.74) is 0. The third kappa shape index (κ3) is 15.1. The highest BCUT2D eigenvalue weighted by molar-refractivity contribution is 7.00. The van der Waals surface area contributed by atoms with E-state index >= 15 is 0 Å². The summed E-state index contributed by atoms with van der Waals surface area (Å²) in [4.78, 5) is 0. The van der Waals surface area contributed by atoms with Crippen LogP contribution in [0.5, 0.6) is 0 Å². The molecule has 4 aromatic carbocycles. The van der Waals surface area contributed by atoms with Gasteiger partial charge in [-0.1, -0.05) is 235 Å². The zero-order valence-corrected chi connectivity index (χ0v) is 50.1. The Morgan fingerprint density at radius 3 is 1.07 bits per heavy atom. The fourth-order valence-electron chi connectivity index (χ4n) is 11.0. The zero-order chi connectivity index (χ0) is 53.8. The van der Waals surface area contributed by atoms with E-state index in [-0.39, 0.29) is 77.0 Å². The highest BCUT2D eigenvalue weighted by atomic mass is 28.4. The van der Waals surface area contributed by atoms with E-state index in [9.17, 15) is 5.11 Å². The Labute approximate surface area is 445 Å². The van der Waals surface area contributed by atoms with Crippen molar-refractivity contribution in [2.24, 2.45) is 23.7 Å². The Kier molecular flexibility index (Phi) is 21.5. The molecule has 0 radical (unpaired) electrons. The molecule has 7 nitrogen and oxygen atoms in total. The summed E-state index contributed by atoms with van der Waals surface area (Å²) in [6.45, 7) is 37.6. The van der Waals surface area contributed by atoms with Crippen molar-refractivity contribution in [3.63, 3.8) is 0 Å². The molecule has 10 atom stereocenters.